The van der Waals surface area contributed by atoms with Gasteiger partial charge in [0.05, 0.1) is 11.4 Å². The summed E-state index contributed by atoms with van der Waals surface area (Å²) in [6.45, 7) is 3.46. The summed E-state index contributed by atoms with van der Waals surface area (Å²) >= 11 is 0. The summed E-state index contributed by atoms with van der Waals surface area (Å²) in [5.74, 6) is -0.359. The van der Waals surface area contributed by atoms with Gasteiger partial charge in [-0.15, -0.1) is 12.4 Å². The van der Waals surface area contributed by atoms with E-state index in [1.165, 1.54) is 20.2 Å². The fraction of sp³-hybridized carbons (Fsp3) is 0.417. The van der Waals surface area contributed by atoms with Crippen LogP contribution in [0.1, 0.15) is 11.1 Å². The molecule has 3 N–H and O–H groups in total. The van der Waals surface area contributed by atoms with Gasteiger partial charge in [-0.3, -0.25) is 4.79 Å². The second-order valence-corrected chi connectivity index (χ2v) is 6.60. The lowest BCUT2D eigenvalue weighted by molar-refractivity contribution is -0.114. The highest BCUT2D eigenvalue weighted by Crippen LogP contribution is 2.25. The van der Waals surface area contributed by atoms with Gasteiger partial charge in [0.2, 0.25) is 15.9 Å². The molecule has 0 aliphatic carbocycles. The molecule has 1 aromatic carbocycles. The van der Waals surface area contributed by atoms with Crippen molar-refractivity contribution >= 4 is 34.0 Å². The molecule has 0 aromatic heterocycles. The number of carbonyl (C=O) groups is 1. The average Bonchev–Trinajstić information content (AvgIpc) is 2.33. The first-order valence-electron chi connectivity index (χ1n) is 5.74. The second-order valence-electron chi connectivity index (χ2n) is 4.45. The van der Waals surface area contributed by atoms with Gasteiger partial charge in [0, 0.05) is 19.8 Å². The van der Waals surface area contributed by atoms with Crippen molar-refractivity contribution < 1.29 is 13.2 Å². The van der Waals surface area contributed by atoms with Gasteiger partial charge in [-0.2, -0.15) is 0 Å². The summed E-state index contributed by atoms with van der Waals surface area (Å²) in [6, 6.07) is 3.04. The van der Waals surface area contributed by atoms with Crippen LogP contribution in [0.15, 0.2) is 17.0 Å². The topological polar surface area (TPSA) is 92.5 Å². The van der Waals surface area contributed by atoms with Crippen molar-refractivity contribution in [2.75, 3.05) is 26.0 Å². The lowest BCUT2D eigenvalue weighted by atomic mass is 10.1. The Morgan fingerprint density at radius 3 is 2.30 bits per heavy atom. The first-order chi connectivity index (χ1) is 8.70. The van der Waals surface area contributed by atoms with E-state index in [2.05, 4.69) is 5.32 Å². The number of benzene rings is 1. The predicted octanol–water partition coefficient (Wildman–Crippen LogP) is 0.873. The molecule has 0 bridgehead atoms. The SMILES string of the molecule is Cc1cc(S(=O)(=O)N(C)C)cc(NC(=O)CN)c1C.Cl. The minimum Gasteiger partial charge on any atom is -0.325 e. The normalized spacial score (nSPS) is 11.1. The number of halogens is 1. The number of hydrogen-bond donors (Lipinski definition) is 2. The predicted molar refractivity (Wildman–Crippen MR) is 81.7 cm³/mol. The monoisotopic (exact) mass is 321 g/mol. The molecule has 0 fully saturated rings. The molecule has 20 heavy (non-hydrogen) atoms. The molecule has 0 atom stereocenters. The average molecular weight is 322 g/mol. The minimum atomic E-state index is -3.53. The molecule has 0 unspecified atom stereocenters. The molecule has 0 heterocycles. The maximum atomic E-state index is 12.1. The number of carbonyl (C=O) groups excluding carboxylic acids is 1. The van der Waals surface area contributed by atoms with E-state index in [1.807, 2.05) is 6.92 Å². The third-order valence-corrected chi connectivity index (χ3v) is 4.67. The van der Waals surface area contributed by atoms with Crippen LogP contribution in [0.3, 0.4) is 0 Å². The molecule has 0 saturated heterocycles. The van der Waals surface area contributed by atoms with Crippen molar-refractivity contribution in [1.29, 1.82) is 0 Å². The van der Waals surface area contributed by atoms with Gasteiger partial charge in [-0.05, 0) is 37.1 Å². The van der Waals surface area contributed by atoms with Gasteiger partial charge in [0.1, 0.15) is 0 Å². The Morgan fingerprint density at radius 1 is 1.30 bits per heavy atom. The Morgan fingerprint density at radius 2 is 1.85 bits per heavy atom. The highest BCUT2D eigenvalue weighted by molar-refractivity contribution is 7.89. The number of anilines is 1. The van der Waals surface area contributed by atoms with Crippen LogP contribution in [0.4, 0.5) is 5.69 Å². The van der Waals surface area contributed by atoms with Gasteiger partial charge >= 0.3 is 0 Å². The molecule has 114 valence electrons. The highest BCUT2D eigenvalue weighted by Gasteiger charge is 2.19. The number of aryl methyl sites for hydroxylation is 1. The Kier molecular flexibility index (Phi) is 6.63. The number of amides is 1. The van der Waals surface area contributed by atoms with Crippen LogP contribution in [0.2, 0.25) is 0 Å². The number of nitrogens with zero attached hydrogens (tertiary/aromatic N) is 1. The summed E-state index contributed by atoms with van der Waals surface area (Å²) in [5, 5.41) is 2.61. The van der Waals surface area contributed by atoms with E-state index in [-0.39, 0.29) is 29.8 Å². The molecule has 0 spiro atoms. The highest BCUT2D eigenvalue weighted by atomic mass is 35.5. The fourth-order valence-corrected chi connectivity index (χ4v) is 2.53. The quantitative estimate of drug-likeness (QED) is 0.860. The van der Waals surface area contributed by atoms with Gasteiger partial charge in [-0.1, -0.05) is 0 Å². The van der Waals surface area contributed by atoms with Crippen molar-refractivity contribution in [3.8, 4) is 0 Å². The lowest BCUT2D eigenvalue weighted by Gasteiger charge is -2.16. The van der Waals surface area contributed by atoms with Crippen LogP contribution in [-0.4, -0.2) is 39.3 Å². The molecule has 0 radical (unpaired) electrons. The van der Waals surface area contributed by atoms with Crippen molar-refractivity contribution in [2.45, 2.75) is 18.7 Å². The van der Waals surface area contributed by atoms with E-state index in [0.29, 0.717) is 5.69 Å². The third-order valence-electron chi connectivity index (χ3n) is 2.88. The van der Waals surface area contributed by atoms with Crippen LogP contribution in [-0.2, 0) is 14.8 Å². The van der Waals surface area contributed by atoms with Gasteiger partial charge in [0.25, 0.3) is 0 Å². The largest absolute Gasteiger partial charge is 0.325 e. The molecular formula is C12H20ClN3O3S. The van der Waals surface area contributed by atoms with Crippen molar-refractivity contribution in [1.82, 2.24) is 4.31 Å². The molecule has 1 amide bonds. The van der Waals surface area contributed by atoms with Crippen LogP contribution in [0.25, 0.3) is 0 Å². The standard InChI is InChI=1S/C12H19N3O3S.ClH/c1-8-5-10(19(17,18)15(3)4)6-11(9(8)2)14-12(16)7-13;/h5-6H,7,13H2,1-4H3,(H,14,16);1H. The maximum Gasteiger partial charge on any atom is 0.242 e. The Balaban J connectivity index is 0.00000361. The molecule has 1 rings (SSSR count). The third kappa shape index (κ3) is 3.92. The molecule has 1 aromatic rings. The Labute approximate surface area is 125 Å². The van der Waals surface area contributed by atoms with E-state index in [1.54, 1.807) is 13.0 Å². The first kappa shape index (κ1) is 18.9. The summed E-state index contributed by atoms with van der Waals surface area (Å²) in [7, 11) is -0.608. The number of nitrogens with two attached hydrogens (primary N) is 1. The van der Waals surface area contributed by atoms with Crippen LogP contribution >= 0.6 is 12.4 Å². The first-order valence-corrected chi connectivity index (χ1v) is 7.18. The van der Waals surface area contributed by atoms with Crippen molar-refractivity contribution in [3.63, 3.8) is 0 Å². The van der Waals surface area contributed by atoms with Gasteiger partial charge in [0.15, 0.2) is 0 Å². The smallest absolute Gasteiger partial charge is 0.242 e. The van der Waals surface area contributed by atoms with E-state index >= 15 is 0 Å². The summed E-state index contributed by atoms with van der Waals surface area (Å²) in [6.07, 6.45) is 0. The Bertz CT molecular complexity index is 600. The molecule has 8 heteroatoms. The van der Waals surface area contributed by atoms with Gasteiger partial charge < -0.3 is 11.1 Å². The summed E-state index contributed by atoms with van der Waals surface area (Å²) in [5.41, 5.74) is 7.32. The summed E-state index contributed by atoms with van der Waals surface area (Å²) < 4.78 is 25.3. The molecule has 6 nitrogen and oxygen atoms in total. The van der Waals surface area contributed by atoms with Crippen molar-refractivity contribution in [3.05, 3.63) is 23.3 Å². The molecule has 0 aliphatic heterocycles. The molecule has 0 saturated carbocycles. The number of nitrogens with one attached hydrogen (secondary N) is 1. The van der Waals surface area contributed by atoms with Crippen LogP contribution in [0, 0.1) is 13.8 Å². The zero-order valence-corrected chi connectivity index (χ0v) is 13.6. The zero-order chi connectivity index (χ0) is 14.8. The minimum absolute atomic E-state index is 0. The summed E-state index contributed by atoms with van der Waals surface area (Å²) in [4.78, 5) is 11.5. The van der Waals surface area contributed by atoms with Crippen molar-refractivity contribution in [2.24, 2.45) is 5.73 Å². The Hall–Kier alpha value is -1.15. The maximum absolute atomic E-state index is 12.1. The number of rotatable bonds is 4. The lowest BCUT2D eigenvalue weighted by Crippen LogP contribution is -2.24. The van der Waals surface area contributed by atoms with Crippen LogP contribution < -0.4 is 11.1 Å². The van der Waals surface area contributed by atoms with Crippen LogP contribution in [0.5, 0.6) is 0 Å². The number of hydrogen-bond acceptors (Lipinski definition) is 4. The van der Waals surface area contributed by atoms with E-state index in [4.69, 9.17) is 5.73 Å². The molecule has 0 aliphatic rings. The second kappa shape index (κ2) is 7.03. The van der Waals surface area contributed by atoms with E-state index in [9.17, 15) is 13.2 Å². The molecular weight excluding hydrogens is 302 g/mol. The zero-order valence-electron chi connectivity index (χ0n) is 11.9. The van der Waals surface area contributed by atoms with Gasteiger partial charge in [-0.25, -0.2) is 12.7 Å². The van der Waals surface area contributed by atoms with E-state index < -0.39 is 10.0 Å². The van der Waals surface area contributed by atoms with E-state index in [0.717, 1.165) is 15.4 Å². The number of sulfonamides is 1. The fourth-order valence-electron chi connectivity index (χ4n) is 1.52.